The summed E-state index contributed by atoms with van der Waals surface area (Å²) in [6.07, 6.45) is 2.67. The number of carbonyl (C=O) groups excluding carboxylic acids is 2. The Bertz CT molecular complexity index is 893. The quantitative estimate of drug-likeness (QED) is 0.529. The molecule has 1 aliphatic rings. The molecule has 2 amide bonds. The molecule has 0 fully saturated rings. The monoisotopic (exact) mass is 374 g/mol. The first-order chi connectivity index (χ1) is 12.4. The number of carbonyl (C=O) groups is 2. The summed E-state index contributed by atoms with van der Waals surface area (Å²) in [7, 11) is 0. The molecule has 0 saturated heterocycles. The highest BCUT2D eigenvalue weighted by molar-refractivity contribution is 7.17. The smallest absolute Gasteiger partial charge is 0.271 e. The molecule has 3 rings (SSSR count). The predicted octanol–water partition coefficient (Wildman–Crippen LogP) is 2.68. The van der Waals surface area contributed by atoms with Crippen molar-refractivity contribution in [1.82, 2.24) is 0 Å². The Kier molecular flexibility index (Phi) is 4.90. The van der Waals surface area contributed by atoms with Gasteiger partial charge in [0.05, 0.1) is 10.5 Å². The van der Waals surface area contributed by atoms with Crippen molar-refractivity contribution in [1.29, 1.82) is 0 Å². The zero-order valence-electron chi connectivity index (χ0n) is 14.1. The van der Waals surface area contributed by atoms with Gasteiger partial charge in [-0.2, -0.15) is 0 Å². The van der Waals surface area contributed by atoms with E-state index in [0.717, 1.165) is 29.7 Å². The second kappa shape index (κ2) is 7.12. The molecule has 0 aliphatic heterocycles. The highest BCUT2D eigenvalue weighted by Crippen LogP contribution is 2.38. The van der Waals surface area contributed by atoms with Gasteiger partial charge in [0.15, 0.2) is 0 Å². The van der Waals surface area contributed by atoms with Crippen molar-refractivity contribution >= 4 is 39.5 Å². The molecule has 1 heterocycles. The fourth-order valence-electron chi connectivity index (χ4n) is 3.00. The molecule has 1 aliphatic carbocycles. The first kappa shape index (κ1) is 17.9. The third-order valence-electron chi connectivity index (χ3n) is 4.24. The fourth-order valence-corrected chi connectivity index (χ4v) is 4.30. The fraction of sp³-hybridized carbons (Fsp3) is 0.294. The van der Waals surface area contributed by atoms with E-state index < -0.39 is 16.9 Å². The number of hydrogen-bond acceptors (Lipinski definition) is 6. The average molecular weight is 374 g/mol. The van der Waals surface area contributed by atoms with E-state index in [-0.39, 0.29) is 11.6 Å². The Morgan fingerprint density at radius 2 is 2.12 bits per heavy atom. The minimum atomic E-state index is -0.658. The maximum atomic E-state index is 12.5. The second-order valence-electron chi connectivity index (χ2n) is 6.09. The molecule has 4 N–H and O–H groups in total. The number of benzene rings is 1. The van der Waals surface area contributed by atoms with Gasteiger partial charge in [0.25, 0.3) is 11.6 Å². The standard InChI is InChI=1S/C17H18N4O4S/c1-9(19-10-4-2-5-11(8-10)21(24)25)16(23)20-17-14(15(18)22)12-6-3-7-13(12)26-17/h2,4-5,8-9,19H,3,6-7H2,1H3,(H2,18,22)(H,20,23)/t9-/m0/s1. The molecule has 26 heavy (non-hydrogen) atoms. The van der Waals surface area contributed by atoms with Gasteiger partial charge in [0.2, 0.25) is 5.91 Å². The normalized spacial score (nSPS) is 13.7. The van der Waals surface area contributed by atoms with Gasteiger partial charge in [-0.25, -0.2) is 0 Å². The Balaban J connectivity index is 1.73. The zero-order valence-corrected chi connectivity index (χ0v) is 14.9. The molecule has 0 saturated carbocycles. The van der Waals surface area contributed by atoms with Gasteiger partial charge in [0, 0.05) is 22.7 Å². The summed E-state index contributed by atoms with van der Waals surface area (Å²) in [5.74, 6) is -0.891. The van der Waals surface area contributed by atoms with Crippen LogP contribution < -0.4 is 16.4 Å². The number of nitrogens with one attached hydrogen (secondary N) is 2. The highest BCUT2D eigenvalue weighted by atomic mass is 32.1. The largest absolute Gasteiger partial charge is 0.374 e. The van der Waals surface area contributed by atoms with Gasteiger partial charge in [-0.3, -0.25) is 19.7 Å². The molecule has 1 aromatic carbocycles. The van der Waals surface area contributed by atoms with Crippen LogP contribution in [0.25, 0.3) is 0 Å². The Morgan fingerprint density at radius 3 is 2.81 bits per heavy atom. The average Bonchev–Trinajstić information content (AvgIpc) is 3.15. The summed E-state index contributed by atoms with van der Waals surface area (Å²) in [6.45, 7) is 1.64. The molecule has 136 valence electrons. The van der Waals surface area contributed by atoms with Crippen LogP contribution >= 0.6 is 11.3 Å². The van der Waals surface area contributed by atoms with Crippen molar-refractivity contribution in [3.05, 3.63) is 50.4 Å². The van der Waals surface area contributed by atoms with Crippen molar-refractivity contribution < 1.29 is 14.5 Å². The van der Waals surface area contributed by atoms with Crippen LogP contribution in [0.5, 0.6) is 0 Å². The van der Waals surface area contributed by atoms with Gasteiger partial charge in [0.1, 0.15) is 11.0 Å². The molecule has 9 heteroatoms. The molecule has 1 aromatic heterocycles. The number of rotatable bonds is 6. The van der Waals surface area contributed by atoms with Gasteiger partial charge >= 0.3 is 0 Å². The van der Waals surface area contributed by atoms with Gasteiger partial charge < -0.3 is 16.4 Å². The summed E-state index contributed by atoms with van der Waals surface area (Å²) in [5.41, 5.74) is 7.23. The number of aryl methyl sites for hydroxylation is 1. The second-order valence-corrected chi connectivity index (χ2v) is 7.19. The van der Waals surface area contributed by atoms with E-state index in [0.29, 0.717) is 16.3 Å². The minimum Gasteiger partial charge on any atom is -0.374 e. The lowest BCUT2D eigenvalue weighted by molar-refractivity contribution is -0.384. The van der Waals surface area contributed by atoms with Gasteiger partial charge in [-0.05, 0) is 37.8 Å². The van der Waals surface area contributed by atoms with Crippen LogP contribution in [0, 0.1) is 10.1 Å². The Morgan fingerprint density at radius 1 is 1.35 bits per heavy atom. The summed E-state index contributed by atoms with van der Waals surface area (Å²) >= 11 is 1.39. The molecule has 1 atom stereocenters. The van der Waals surface area contributed by atoms with Crippen LogP contribution in [0.15, 0.2) is 24.3 Å². The van der Waals surface area contributed by atoms with Crippen molar-refractivity contribution in [2.75, 3.05) is 10.6 Å². The first-order valence-electron chi connectivity index (χ1n) is 8.13. The van der Waals surface area contributed by atoms with Crippen LogP contribution in [0.4, 0.5) is 16.4 Å². The maximum absolute atomic E-state index is 12.5. The van der Waals surface area contributed by atoms with E-state index in [1.165, 1.54) is 23.5 Å². The molecule has 8 nitrogen and oxygen atoms in total. The molecule has 0 unspecified atom stereocenters. The SMILES string of the molecule is C[C@H](Nc1cccc([N+](=O)[O-])c1)C(=O)Nc1sc2c(c1C(N)=O)CCC2. The van der Waals surface area contributed by atoms with Crippen molar-refractivity contribution in [3.8, 4) is 0 Å². The third kappa shape index (κ3) is 3.52. The van der Waals surface area contributed by atoms with Crippen LogP contribution in [0.1, 0.15) is 34.1 Å². The molecule has 0 radical (unpaired) electrons. The number of hydrogen-bond donors (Lipinski definition) is 3. The number of nitrogens with zero attached hydrogens (tertiary/aromatic N) is 1. The van der Waals surface area contributed by atoms with E-state index in [1.807, 2.05) is 0 Å². The molecule has 0 spiro atoms. The number of nitro benzene ring substituents is 1. The summed E-state index contributed by atoms with van der Waals surface area (Å²) in [4.78, 5) is 35.7. The van der Waals surface area contributed by atoms with E-state index in [1.54, 1.807) is 19.1 Å². The van der Waals surface area contributed by atoms with Gasteiger partial charge in [-0.15, -0.1) is 11.3 Å². The number of primary amides is 1. The summed E-state index contributed by atoms with van der Waals surface area (Å²) < 4.78 is 0. The lowest BCUT2D eigenvalue weighted by Crippen LogP contribution is -2.32. The Hall–Kier alpha value is -2.94. The lowest BCUT2D eigenvalue weighted by atomic mass is 10.1. The maximum Gasteiger partial charge on any atom is 0.271 e. The topological polar surface area (TPSA) is 127 Å². The molecular weight excluding hydrogens is 356 g/mol. The van der Waals surface area contributed by atoms with Crippen LogP contribution in [0.3, 0.4) is 0 Å². The van der Waals surface area contributed by atoms with Crippen LogP contribution in [-0.4, -0.2) is 22.8 Å². The number of thiophene rings is 1. The van der Waals surface area contributed by atoms with Crippen LogP contribution in [-0.2, 0) is 17.6 Å². The molecular formula is C17H18N4O4S. The predicted molar refractivity (Wildman–Crippen MR) is 99.7 cm³/mol. The third-order valence-corrected chi connectivity index (χ3v) is 5.45. The Labute approximate surface area is 153 Å². The summed E-state index contributed by atoms with van der Waals surface area (Å²) in [5, 5.41) is 17.0. The van der Waals surface area contributed by atoms with Gasteiger partial charge in [-0.1, -0.05) is 6.07 Å². The molecule has 2 aromatic rings. The van der Waals surface area contributed by atoms with E-state index in [2.05, 4.69) is 10.6 Å². The van der Waals surface area contributed by atoms with Crippen LogP contribution in [0.2, 0.25) is 0 Å². The first-order valence-corrected chi connectivity index (χ1v) is 8.94. The number of amides is 2. The number of non-ortho nitro benzene ring substituents is 1. The highest BCUT2D eigenvalue weighted by Gasteiger charge is 2.27. The van der Waals surface area contributed by atoms with Crippen molar-refractivity contribution in [2.24, 2.45) is 5.73 Å². The lowest BCUT2D eigenvalue weighted by Gasteiger charge is -2.15. The minimum absolute atomic E-state index is 0.0618. The number of anilines is 2. The number of nitrogens with two attached hydrogens (primary N) is 1. The summed E-state index contributed by atoms with van der Waals surface area (Å²) in [6, 6.07) is 5.26. The molecule has 0 bridgehead atoms. The number of nitro groups is 1. The van der Waals surface area contributed by atoms with E-state index in [4.69, 9.17) is 5.73 Å². The van der Waals surface area contributed by atoms with E-state index in [9.17, 15) is 19.7 Å². The van der Waals surface area contributed by atoms with E-state index >= 15 is 0 Å². The van der Waals surface area contributed by atoms with Crippen molar-refractivity contribution in [2.45, 2.75) is 32.2 Å². The number of fused-ring (bicyclic) bond motifs is 1. The zero-order chi connectivity index (χ0) is 18.8. The van der Waals surface area contributed by atoms with Crippen molar-refractivity contribution in [3.63, 3.8) is 0 Å².